The number of benzene rings is 2. The lowest BCUT2D eigenvalue weighted by molar-refractivity contribution is -0.384. The smallest absolute Gasteiger partial charge is 0.299 e. The summed E-state index contributed by atoms with van der Waals surface area (Å²) in [5.74, 6) is 0.0680. The summed E-state index contributed by atoms with van der Waals surface area (Å²) in [5, 5.41) is 18.2. The maximum atomic E-state index is 13.1. The van der Waals surface area contributed by atoms with Crippen LogP contribution in [0.25, 0.3) is 11.3 Å². The number of hydrogen-bond acceptors (Lipinski definition) is 4. The van der Waals surface area contributed by atoms with Gasteiger partial charge in [0.25, 0.3) is 5.69 Å². The summed E-state index contributed by atoms with van der Waals surface area (Å²) in [6.45, 7) is 0.933. The standard InChI is InChI=1S/C23H20F6N4O2/c24-22(25,26)17-8-14(9-18(11-17)23(27,28)29)13-32-6-4-15(5-7-32)20-12-21(31-30-20)16-2-1-3-19(10-16)33(34)35/h1-3,8-12,15H,4-7,13H2,(H,30,31). The third kappa shape index (κ3) is 5.81. The van der Waals surface area contributed by atoms with Gasteiger partial charge in [-0.25, -0.2) is 0 Å². The number of rotatable bonds is 5. The lowest BCUT2D eigenvalue weighted by Crippen LogP contribution is -2.32. The highest BCUT2D eigenvalue weighted by Gasteiger charge is 2.37. The van der Waals surface area contributed by atoms with Gasteiger partial charge < -0.3 is 0 Å². The number of non-ortho nitro benzene ring substituents is 1. The van der Waals surface area contributed by atoms with Crippen LogP contribution < -0.4 is 0 Å². The van der Waals surface area contributed by atoms with Gasteiger partial charge in [-0.05, 0) is 55.8 Å². The summed E-state index contributed by atoms with van der Waals surface area (Å²) >= 11 is 0. The normalized spacial score (nSPS) is 15.9. The summed E-state index contributed by atoms with van der Waals surface area (Å²) in [7, 11) is 0. The van der Waals surface area contributed by atoms with Crippen molar-refractivity contribution >= 4 is 5.69 Å². The minimum atomic E-state index is -4.87. The molecule has 1 saturated heterocycles. The van der Waals surface area contributed by atoms with Crippen molar-refractivity contribution in [3.63, 3.8) is 0 Å². The van der Waals surface area contributed by atoms with Crippen LogP contribution in [0.3, 0.4) is 0 Å². The Morgan fingerprint density at radius 1 is 0.971 bits per heavy atom. The van der Waals surface area contributed by atoms with Gasteiger partial charge in [-0.1, -0.05) is 12.1 Å². The number of halogens is 6. The van der Waals surface area contributed by atoms with Crippen LogP contribution in [0.15, 0.2) is 48.5 Å². The number of aromatic amines is 1. The fraction of sp³-hybridized carbons (Fsp3) is 0.348. The molecule has 0 aliphatic carbocycles. The molecule has 2 aromatic carbocycles. The highest BCUT2D eigenvalue weighted by Crippen LogP contribution is 2.37. The summed E-state index contributed by atoms with van der Waals surface area (Å²) < 4.78 is 78.7. The first-order valence-electron chi connectivity index (χ1n) is 10.7. The molecule has 0 radical (unpaired) electrons. The molecule has 0 bridgehead atoms. The Balaban J connectivity index is 1.43. The van der Waals surface area contributed by atoms with Crippen LogP contribution in [0.4, 0.5) is 32.0 Å². The van der Waals surface area contributed by atoms with Crippen LogP contribution in [-0.2, 0) is 18.9 Å². The van der Waals surface area contributed by atoms with E-state index in [0.29, 0.717) is 37.2 Å². The summed E-state index contributed by atoms with van der Waals surface area (Å²) in [6, 6.07) is 9.55. The number of nitrogens with one attached hydrogen (secondary N) is 1. The molecule has 1 aliphatic heterocycles. The van der Waals surface area contributed by atoms with E-state index in [0.717, 1.165) is 17.8 Å². The first-order chi connectivity index (χ1) is 16.4. The molecule has 0 spiro atoms. The predicted octanol–water partition coefficient (Wildman–Crippen LogP) is 6.40. The van der Waals surface area contributed by atoms with Crippen molar-refractivity contribution in [3.05, 3.63) is 81.0 Å². The Hall–Kier alpha value is -3.41. The summed E-state index contributed by atoms with van der Waals surface area (Å²) in [5.41, 5.74) is -0.765. The molecule has 0 unspecified atom stereocenters. The molecular formula is C23H20F6N4O2. The number of hydrogen-bond donors (Lipinski definition) is 1. The van der Waals surface area contributed by atoms with E-state index in [-0.39, 0.29) is 29.8 Å². The van der Waals surface area contributed by atoms with E-state index >= 15 is 0 Å². The zero-order valence-electron chi connectivity index (χ0n) is 18.2. The van der Waals surface area contributed by atoms with Crippen molar-refractivity contribution < 1.29 is 31.3 Å². The third-order valence-electron chi connectivity index (χ3n) is 6.03. The van der Waals surface area contributed by atoms with Crippen LogP contribution in [0, 0.1) is 10.1 Å². The molecule has 0 saturated carbocycles. The number of likely N-dealkylation sites (tertiary alicyclic amines) is 1. The van der Waals surface area contributed by atoms with E-state index in [1.54, 1.807) is 12.1 Å². The minimum absolute atomic E-state index is 0.0262. The van der Waals surface area contributed by atoms with E-state index in [1.807, 2.05) is 11.0 Å². The molecule has 186 valence electrons. The van der Waals surface area contributed by atoms with Crippen molar-refractivity contribution in [1.29, 1.82) is 0 Å². The van der Waals surface area contributed by atoms with Crippen molar-refractivity contribution in [2.45, 2.75) is 37.7 Å². The molecule has 1 fully saturated rings. The van der Waals surface area contributed by atoms with Crippen molar-refractivity contribution in [1.82, 2.24) is 15.1 Å². The van der Waals surface area contributed by atoms with Crippen molar-refractivity contribution in [2.75, 3.05) is 13.1 Å². The largest absolute Gasteiger partial charge is 0.416 e. The molecule has 0 atom stereocenters. The van der Waals surface area contributed by atoms with Gasteiger partial charge in [0.15, 0.2) is 0 Å². The van der Waals surface area contributed by atoms with Gasteiger partial charge >= 0.3 is 12.4 Å². The molecule has 1 aromatic heterocycles. The number of nitro groups is 1. The van der Waals surface area contributed by atoms with Gasteiger partial charge in [0.05, 0.1) is 21.7 Å². The zero-order valence-corrected chi connectivity index (χ0v) is 18.2. The van der Waals surface area contributed by atoms with Gasteiger partial charge in [-0.2, -0.15) is 31.4 Å². The third-order valence-corrected chi connectivity index (χ3v) is 6.03. The van der Waals surface area contributed by atoms with E-state index in [4.69, 9.17) is 0 Å². The van der Waals surface area contributed by atoms with Gasteiger partial charge in [0, 0.05) is 35.9 Å². The molecule has 0 amide bonds. The molecular weight excluding hydrogens is 478 g/mol. The average molecular weight is 498 g/mol. The second-order valence-corrected chi connectivity index (χ2v) is 8.48. The van der Waals surface area contributed by atoms with Crippen LogP contribution in [0.5, 0.6) is 0 Å². The second kappa shape index (κ2) is 9.33. The maximum absolute atomic E-state index is 13.1. The number of nitro benzene ring substituents is 1. The van der Waals surface area contributed by atoms with E-state index < -0.39 is 28.4 Å². The van der Waals surface area contributed by atoms with Gasteiger partial charge in [0.1, 0.15) is 0 Å². The molecule has 12 heteroatoms. The SMILES string of the molecule is O=[N+]([O-])c1cccc(-c2cc(C3CCN(Cc4cc(C(F)(F)F)cc(C(F)(F)F)c4)CC3)[nH]n2)c1. The monoisotopic (exact) mass is 498 g/mol. The molecule has 4 rings (SSSR count). The highest BCUT2D eigenvalue weighted by molar-refractivity contribution is 5.62. The van der Waals surface area contributed by atoms with E-state index in [2.05, 4.69) is 10.2 Å². The Bertz CT molecular complexity index is 1180. The number of nitrogens with zero attached hydrogens (tertiary/aromatic N) is 3. The number of piperidine rings is 1. The van der Waals surface area contributed by atoms with Crippen LogP contribution in [0.1, 0.15) is 41.1 Å². The molecule has 6 nitrogen and oxygen atoms in total. The number of aromatic nitrogens is 2. The summed E-state index contributed by atoms with van der Waals surface area (Å²) in [4.78, 5) is 12.3. The Labute approximate surface area is 195 Å². The van der Waals surface area contributed by atoms with Gasteiger partial charge in [0.2, 0.25) is 0 Å². The zero-order chi connectivity index (χ0) is 25.4. The first kappa shape index (κ1) is 24.7. The Morgan fingerprint density at radius 3 is 2.17 bits per heavy atom. The fourth-order valence-corrected chi connectivity index (χ4v) is 4.24. The minimum Gasteiger partial charge on any atom is -0.299 e. The lowest BCUT2D eigenvalue weighted by Gasteiger charge is -2.31. The van der Waals surface area contributed by atoms with Gasteiger partial charge in [-0.3, -0.25) is 20.1 Å². The Morgan fingerprint density at radius 2 is 1.60 bits per heavy atom. The molecule has 3 aromatic rings. The predicted molar refractivity (Wildman–Crippen MR) is 114 cm³/mol. The average Bonchev–Trinajstić information content (AvgIpc) is 3.29. The topological polar surface area (TPSA) is 75.1 Å². The molecule has 1 aliphatic rings. The first-order valence-corrected chi connectivity index (χ1v) is 10.7. The van der Waals surface area contributed by atoms with Crippen LogP contribution in [-0.4, -0.2) is 33.1 Å². The Kier molecular flexibility index (Phi) is 6.58. The highest BCUT2D eigenvalue weighted by atomic mass is 19.4. The lowest BCUT2D eigenvalue weighted by atomic mass is 9.92. The van der Waals surface area contributed by atoms with E-state index in [9.17, 15) is 36.5 Å². The molecule has 35 heavy (non-hydrogen) atoms. The van der Waals surface area contributed by atoms with Crippen LogP contribution in [0.2, 0.25) is 0 Å². The fourth-order valence-electron chi connectivity index (χ4n) is 4.24. The van der Waals surface area contributed by atoms with E-state index in [1.165, 1.54) is 12.1 Å². The number of alkyl halides is 6. The van der Waals surface area contributed by atoms with Crippen LogP contribution >= 0.6 is 0 Å². The van der Waals surface area contributed by atoms with Gasteiger partial charge in [-0.15, -0.1) is 0 Å². The summed E-state index contributed by atoms with van der Waals surface area (Å²) in [6.07, 6.45) is -8.50. The molecule has 2 heterocycles. The second-order valence-electron chi connectivity index (χ2n) is 8.48. The quantitative estimate of drug-likeness (QED) is 0.251. The van der Waals surface area contributed by atoms with Crippen molar-refractivity contribution in [3.8, 4) is 11.3 Å². The number of H-pyrrole nitrogens is 1. The molecule has 1 N–H and O–H groups in total. The van der Waals surface area contributed by atoms with Crippen molar-refractivity contribution in [2.24, 2.45) is 0 Å². The maximum Gasteiger partial charge on any atom is 0.416 e.